The summed E-state index contributed by atoms with van der Waals surface area (Å²) in [6.07, 6.45) is 8.39. The molecule has 3 atom stereocenters. The molecule has 3 unspecified atom stereocenters. The summed E-state index contributed by atoms with van der Waals surface area (Å²) >= 11 is 0. The molecule has 1 aliphatic carbocycles. The maximum Gasteiger partial charge on any atom is 0.307 e. The number of imidazole rings is 1. The molecule has 118 valence electrons. The van der Waals surface area contributed by atoms with E-state index in [0.717, 1.165) is 32.4 Å². The molecule has 1 heterocycles. The summed E-state index contributed by atoms with van der Waals surface area (Å²) in [5.41, 5.74) is -0.161. The van der Waals surface area contributed by atoms with Crippen LogP contribution in [0.5, 0.6) is 0 Å². The number of rotatable bonds is 6. The number of carbonyl (C=O) groups is 1. The number of aryl methyl sites for hydroxylation is 1. The molecule has 0 aliphatic heterocycles. The van der Waals surface area contributed by atoms with Crippen LogP contribution >= 0.6 is 0 Å². The van der Waals surface area contributed by atoms with Crippen LogP contribution in [-0.2, 0) is 11.3 Å². The largest absolute Gasteiger partial charge is 0.481 e. The van der Waals surface area contributed by atoms with Gasteiger partial charge in [0, 0.05) is 25.0 Å². The Morgan fingerprint density at radius 1 is 1.48 bits per heavy atom. The van der Waals surface area contributed by atoms with Gasteiger partial charge in [-0.05, 0) is 37.1 Å². The lowest BCUT2D eigenvalue weighted by Gasteiger charge is -2.46. The van der Waals surface area contributed by atoms with E-state index in [0.29, 0.717) is 12.0 Å². The lowest BCUT2D eigenvalue weighted by Crippen LogP contribution is -2.51. The van der Waals surface area contributed by atoms with Gasteiger partial charge in [0.05, 0.1) is 12.2 Å². The summed E-state index contributed by atoms with van der Waals surface area (Å²) < 4.78 is 2.08. The molecule has 0 saturated heterocycles. The van der Waals surface area contributed by atoms with Crippen LogP contribution in [0.25, 0.3) is 0 Å². The standard InChI is InChI=1S/C16H27N3O2/c1-12-14(6-5-13(15(20)21)16(12,2)3)18-7-4-9-19-10-8-17-11-19/h8,10-14,18H,4-7,9H2,1-3H3,(H,20,21). The minimum Gasteiger partial charge on any atom is -0.481 e. The van der Waals surface area contributed by atoms with Crippen LogP contribution in [0.15, 0.2) is 18.7 Å². The highest BCUT2D eigenvalue weighted by Gasteiger charge is 2.45. The fourth-order valence-corrected chi connectivity index (χ4v) is 3.49. The number of nitrogens with zero attached hydrogens (tertiary/aromatic N) is 2. The average molecular weight is 293 g/mol. The molecule has 5 nitrogen and oxygen atoms in total. The van der Waals surface area contributed by atoms with Gasteiger partial charge >= 0.3 is 5.97 Å². The summed E-state index contributed by atoms with van der Waals surface area (Å²) in [5, 5.41) is 13.0. The van der Waals surface area contributed by atoms with E-state index in [1.54, 1.807) is 6.20 Å². The number of hydrogen-bond donors (Lipinski definition) is 2. The minimum absolute atomic E-state index is 0.161. The molecule has 1 aromatic rings. The third-order valence-electron chi connectivity index (χ3n) is 5.30. The van der Waals surface area contributed by atoms with Crippen molar-refractivity contribution in [3.8, 4) is 0 Å². The molecule has 21 heavy (non-hydrogen) atoms. The maximum atomic E-state index is 11.4. The number of nitrogens with one attached hydrogen (secondary N) is 1. The van der Waals surface area contributed by atoms with E-state index in [-0.39, 0.29) is 11.3 Å². The Bertz CT molecular complexity index is 456. The Morgan fingerprint density at radius 2 is 2.24 bits per heavy atom. The first kappa shape index (κ1) is 16.0. The van der Waals surface area contributed by atoms with E-state index in [1.165, 1.54) is 0 Å². The summed E-state index contributed by atoms with van der Waals surface area (Å²) in [7, 11) is 0. The number of carboxylic acid groups (broad SMARTS) is 1. The molecule has 0 spiro atoms. The van der Waals surface area contributed by atoms with Gasteiger partial charge in [0.1, 0.15) is 0 Å². The van der Waals surface area contributed by atoms with Crippen molar-refractivity contribution < 1.29 is 9.90 Å². The first-order chi connectivity index (χ1) is 9.93. The second kappa shape index (κ2) is 6.60. The molecule has 0 amide bonds. The van der Waals surface area contributed by atoms with Gasteiger partial charge in [-0.1, -0.05) is 20.8 Å². The number of carboxylic acids is 1. The summed E-state index contributed by atoms with van der Waals surface area (Å²) in [4.78, 5) is 15.4. The van der Waals surface area contributed by atoms with E-state index in [9.17, 15) is 9.90 Å². The Kier molecular flexibility index (Phi) is 5.04. The smallest absolute Gasteiger partial charge is 0.307 e. The maximum absolute atomic E-state index is 11.4. The van der Waals surface area contributed by atoms with Crippen molar-refractivity contribution in [1.29, 1.82) is 0 Å². The topological polar surface area (TPSA) is 67.2 Å². The Morgan fingerprint density at radius 3 is 2.86 bits per heavy atom. The lowest BCUT2D eigenvalue weighted by molar-refractivity contribution is -0.150. The molecule has 5 heteroatoms. The summed E-state index contributed by atoms with van der Waals surface area (Å²) in [6, 6.07) is 0.415. The van der Waals surface area contributed by atoms with Gasteiger partial charge in [0.2, 0.25) is 0 Å². The van der Waals surface area contributed by atoms with Gasteiger partial charge in [-0.3, -0.25) is 4.79 Å². The Labute approximate surface area is 126 Å². The van der Waals surface area contributed by atoms with Crippen molar-refractivity contribution in [3.63, 3.8) is 0 Å². The fraction of sp³-hybridized carbons (Fsp3) is 0.750. The van der Waals surface area contributed by atoms with Crippen LogP contribution in [0.1, 0.15) is 40.0 Å². The predicted octanol–water partition coefficient (Wildman–Crippen LogP) is 2.39. The highest BCUT2D eigenvalue weighted by atomic mass is 16.4. The second-order valence-electron chi connectivity index (χ2n) is 6.79. The molecule has 1 aliphatic rings. The molecule has 0 aromatic carbocycles. The first-order valence-corrected chi connectivity index (χ1v) is 7.85. The lowest BCUT2D eigenvalue weighted by atomic mass is 9.61. The van der Waals surface area contributed by atoms with Crippen molar-refractivity contribution in [1.82, 2.24) is 14.9 Å². The van der Waals surface area contributed by atoms with E-state index in [1.807, 2.05) is 12.5 Å². The van der Waals surface area contributed by atoms with E-state index >= 15 is 0 Å². The van der Waals surface area contributed by atoms with Gasteiger partial charge in [0.15, 0.2) is 0 Å². The Hall–Kier alpha value is -1.36. The van der Waals surface area contributed by atoms with E-state index in [4.69, 9.17) is 0 Å². The van der Waals surface area contributed by atoms with Crippen molar-refractivity contribution >= 4 is 5.97 Å². The van der Waals surface area contributed by atoms with Gasteiger partial charge in [-0.2, -0.15) is 0 Å². The van der Waals surface area contributed by atoms with Crippen molar-refractivity contribution in [2.75, 3.05) is 6.54 Å². The van der Waals surface area contributed by atoms with E-state index < -0.39 is 5.97 Å². The molecular formula is C16H27N3O2. The minimum atomic E-state index is -0.648. The normalized spacial score (nSPS) is 28.4. The monoisotopic (exact) mass is 293 g/mol. The average Bonchev–Trinajstić information content (AvgIpc) is 2.92. The van der Waals surface area contributed by atoms with Gasteiger partial charge in [-0.25, -0.2) is 4.98 Å². The zero-order chi connectivity index (χ0) is 15.5. The fourth-order valence-electron chi connectivity index (χ4n) is 3.49. The molecule has 0 bridgehead atoms. The first-order valence-electron chi connectivity index (χ1n) is 7.85. The highest BCUT2D eigenvalue weighted by Crippen LogP contribution is 2.45. The third-order valence-corrected chi connectivity index (χ3v) is 5.30. The van der Waals surface area contributed by atoms with Crippen molar-refractivity contribution in [2.24, 2.45) is 17.3 Å². The number of aromatic nitrogens is 2. The number of hydrogen-bond acceptors (Lipinski definition) is 3. The quantitative estimate of drug-likeness (QED) is 0.790. The van der Waals surface area contributed by atoms with Gasteiger partial charge in [0.25, 0.3) is 0 Å². The molecule has 1 aromatic heterocycles. The molecule has 2 N–H and O–H groups in total. The molecule has 1 fully saturated rings. The summed E-state index contributed by atoms with van der Waals surface area (Å²) in [6.45, 7) is 8.30. The van der Waals surface area contributed by atoms with Crippen LogP contribution in [0.2, 0.25) is 0 Å². The highest BCUT2D eigenvalue weighted by molar-refractivity contribution is 5.71. The van der Waals surface area contributed by atoms with Crippen LogP contribution in [-0.4, -0.2) is 33.2 Å². The van der Waals surface area contributed by atoms with Gasteiger partial charge < -0.3 is 15.0 Å². The second-order valence-corrected chi connectivity index (χ2v) is 6.79. The van der Waals surface area contributed by atoms with Crippen LogP contribution in [0, 0.1) is 17.3 Å². The molecule has 1 saturated carbocycles. The zero-order valence-electron chi connectivity index (χ0n) is 13.2. The summed E-state index contributed by atoms with van der Waals surface area (Å²) in [5.74, 6) is -0.512. The molecule has 2 rings (SSSR count). The van der Waals surface area contributed by atoms with Gasteiger partial charge in [-0.15, -0.1) is 0 Å². The molecule has 0 radical (unpaired) electrons. The Balaban J connectivity index is 1.80. The SMILES string of the molecule is CC1C(NCCCn2ccnc2)CCC(C(=O)O)C1(C)C. The van der Waals surface area contributed by atoms with Crippen molar-refractivity contribution in [2.45, 2.75) is 52.6 Å². The predicted molar refractivity (Wildman–Crippen MR) is 81.9 cm³/mol. The van der Waals surface area contributed by atoms with Crippen LogP contribution < -0.4 is 5.32 Å². The van der Waals surface area contributed by atoms with Crippen LogP contribution in [0.3, 0.4) is 0 Å². The zero-order valence-corrected chi connectivity index (χ0v) is 13.2. The van der Waals surface area contributed by atoms with E-state index in [2.05, 4.69) is 35.6 Å². The van der Waals surface area contributed by atoms with Crippen molar-refractivity contribution in [3.05, 3.63) is 18.7 Å². The van der Waals surface area contributed by atoms with Crippen LogP contribution in [0.4, 0.5) is 0 Å². The number of aliphatic carboxylic acids is 1. The third kappa shape index (κ3) is 3.64. The molecular weight excluding hydrogens is 266 g/mol.